The highest BCUT2D eigenvalue weighted by Gasteiger charge is 2.18. The van der Waals surface area contributed by atoms with Crippen LogP contribution in [0.1, 0.15) is 35.2 Å². The molecule has 0 bridgehead atoms. The van der Waals surface area contributed by atoms with Crippen molar-refractivity contribution in [3.05, 3.63) is 29.3 Å². The summed E-state index contributed by atoms with van der Waals surface area (Å²) in [6.45, 7) is 2.92. The summed E-state index contributed by atoms with van der Waals surface area (Å²) in [6, 6.07) is 5.39. The Morgan fingerprint density at radius 3 is 3.00 bits per heavy atom. The average molecular weight is 249 g/mol. The second-order valence-electron chi connectivity index (χ2n) is 4.63. The Kier molecular flexibility index (Phi) is 4.20. The predicted octanol–water partition coefficient (Wildman–Crippen LogP) is 2.30. The number of anilines is 1. The maximum Gasteiger partial charge on any atom is 0.340 e. The molecule has 1 heterocycles. The molecular formula is C14H19NO3. The van der Waals surface area contributed by atoms with Gasteiger partial charge in [0.1, 0.15) is 6.61 Å². The Labute approximate surface area is 107 Å². The molecule has 0 saturated carbocycles. The molecule has 1 atom stereocenters. The fourth-order valence-electron chi connectivity index (χ4n) is 2.15. The van der Waals surface area contributed by atoms with E-state index in [4.69, 9.17) is 15.2 Å². The monoisotopic (exact) mass is 249 g/mol. The molecule has 0 spiro atoms. The molecule has 98 valence electrons. The summed E-state index contributed by atoms with van der Waals surface area (Å²) in [5.74, 6) is -0.361. The van der Waals surface area contributed by atoms with E-state index >= 15 is 0 Å². The first-order valence-electron chi connectivity index (χ1n) is 6.32. The number of rotatable bonds is 3. The normalized spacial score (nSPS) is 19.5. The molecule has 1 aromatic rings. The lowest BCUT2D eigenvalue weighted by Gasteiger charge is -2.22. The van der Waals surface area contributed by atoms with Crippen molar-refractivity contribution in [1.29, 1.82) is 0 Å². The van der Waals surface area contributed by atoms with E-state index in [-0.39, 0.29) is 12.1 Å². The van der Waals surface area contributed by atoms with Gasteiger partial charge in [-0.3, -0.25) is 0 Å². The van der Waals surface area contributed by atoms with Crippen molar-refractivity contribution in [3.63, 3.8) is 0 Å². The number of esters is 1. The van der Waals surface area contributed by atoms with Crippen LogP contribution in [0.25, 0.3) is 0 Å². The van der Waals surface area contributed by atoms with Crippen LogP contribution in [0.3, 0.4) is 0 Å². The number of hydrogen-bond acceptors (Lipinski definition) is 4. The molecule has 1 aliphatic rings. The van der Waals surface area contributed by atoms with Crippen molar-refractivity contribution in [1.82, 2.24) is 0 Å². The summed E-state index contributed by atoms with van der Waals surface area (Å²) in [5.41, 5.74) is 7.57. The third kappa shape index (κ3) is 3.01. The molecule has 0 aliphatic carbocycles. The average Bonchev–Trinajstić information content (AvgIpc) is 2.37. The van der Waals surface area contributed by atoms with Crippen molar-refractivity contribution >= 4 is 11.7 Å². The molecule has 0 aromatic heterocycles. The van der Waals surface area contributed by atoms with Gasteiger partial charge in [0.05, 0.1) is 11.7 Å². The Bertz CT molecular complexity index is 405. The van der Waals surface area contributed by atoms with E-state index in [0.717, 1.165) is 31.4 Å². The first kappa shape index (κ1) is 12.9. The van der Waals surface area contributed by atoms with Gasteiger partial charge in [0.2, 0.25) is 0 Å². The molecule has 1 aromatic carbocycles. The Hall–Kier alpha value is -1.55. The maximum absolute atomic E-state index is 12.0. The molecule has 1 fully saturated rings. The zero-order valence-corrected chi connectivity index (χ0v) is 10.6. The summed E-state index contributed by atoms with van der Waals surface area (Å²) >= 11 is 0. The summed E-state index contributed by atoms with van der Waals surface area (Å²) in [5, 5.41) is 0. The molecule has 0 radical (unpaired) electrons. The van der Waals surface area contributed by atoms with Gasteiger partial charge in [-0.1, -0.05) is 12.1 Å². The number of aryl methyl sites for hydroxylation is 1. The molecule has 1 saturated heterocycles. The van der Waals surface area contributed by atoms with Crippen LogP contribution >= 0.6 is 0 Å². The van der Waals surface area contributed by atoms with Crippen LogP contribution in [0.5, 0.6) is 0 Å². The van der Waals surface area contributed by atoms with Crippen LogP contribution in [-0.4, -0.2) is 25.3 Å². The number of nitrogens with two attached hydrogens (primary N) is 1. The van der Waals surface area contributed by atoms with E-state index < -0.39 is 0 Å². The van der Waals surface area contributed by atoms with E-state index in [2.05, 4.69) is 0 Å². The van der Waals surface area contributed by atoms with Crippen molar-refractivity contribution < 1.29 is 14.3 Å². The van der Waals surface area contributed by atoms with Crippen LogP contribution < -0.4 is 5.73 Å². The summed E-state index contributed by atoms with van der Waals surface area (Å²) in [4.78, 5) is 12.0. The second-order valence-corrected chi connectivity index (χ2v) is 4.63. The highest BCUT2D eigenvalue weighted by molar-refractivity contribution is 5.96. The van der Waals surface area contributed by atoms with Gasteiger partial charge in [-0.05, 0) is 37.8 Å². The van der Waals surface area contributed by atoms with Crippen molar-refractivity contribution in [3.8, 4) is 0 Å². The van der Waals surface area contributed by atoms with Crippen LogP contribution in [-0.2, 0) is 9.47 Å². The largest absolute Gasteiger partial charge is 0.459 e. The standard InChI is InChI=1S/C14H19NO3/c1-10-5-4-7-12(15)13(10)14(16)18-9-11-6-2-3-8-17-11/h4-5,7,11H,2-3,6,8-9,15H2,1H3. The van der Waals surface area contributed by atoms with Gasteiger partial charge in [0.25, 0.3) is 0 Å². The minimum absolute atomic E-state index is 0.0351. The number of nitrogen functional groups attached to an aromatic ring is 1. The number of carbonyl (C=O) groups is 1. The highest BCUT2D eigenvalue weighted by atomic mass is 16.6. The molecule has 1 aliphatic heterocycles. The van der Waals surface area contributed by atoms with Crippen LogP contribution in [0.15, 0.2) is 18.2 Å². The topological polar surface area (TPSA) is 61.6 Å². The number of ether oxygens (including phenoxy) is 2. The summed E-state index contributed by atoms with van der Waals surface area (Å²) in [6.07, 6.45) is 3.22. The summed E-state index contributed by atoms with van der Waals surface area (Å²) in [7, 11) is 0. The van der Waals surface area contributed by atoms with Crippen LogP contribution in [0.4, 0.5) is 5.69 Å². The molecule has 4 heteroatoms. The molecule has 2 N–H and O–H groups in total. The molecule has 18 heavy (non-hydrogen) atoms. The van der Waals surface area contributed by atoms with Gasteiger partial charge in [-0.2, -0.15) is 0 Å². The Morgan fingerprint density at radius 1 is 1.50 bits per heavy atom. The minimum Gasteiger partial charge on any atom is -0.459 e. The Balaban J connectivity index is 1.95. The van der Waals surface area contributed by atoms with Gasteiger partial charge in [-0.25, -0.2) is 4.79 Å². The zero-order chi connectivity index (χ0) is 13.0. The third-order valence-corrected chi connectivity index (χ3v) is 3.18. The lowest BCUT2D eigenvalue weighted by Crippen LogP contribution is -2.26. The number of hydrogen-bond donors (Lipinski definition) is 1. The lowest BCUT2D eigenvalue weighted by molar-refractivity contribution is -0.0300. The zero-order valence-electron chi connectivity index (χ0n) is 10.6. The van der Waals surface area contributed by atoms with Gasteiger partial charge in [0.15, 0.2) is 0 Å². The Morgan fingerprint density at radius 2 is 2.33 bits per heavy atom. The molecule has 1 unspecified atom stereocenters. The first-order valence-corrected chi connectivity index (χ1v) is 6.32. The van der Waals surface area contributed by atoms with Gasteiger partial charge >= 0.3 is 5.97 Å². The van der Waals surface area contributed by atoms with Gasteiger partial charge in [-0.15, -0.1) is 0 Å². The highest BCUT2D eigenvalue weighted by Crippen LogP contribution is 2.18. The van der Waals surface area contributed by atoms with E-state index in [9.17, 15) is 4.79 Å². The van der Waals surface area contributed by atoms with Crippen molar-refractivity contribution in [2.24, 2.45) is 0 Å². The number of benzene rings is 1. The maximum atomic E-state index is 12.0. The number of carbonyl (C=O) groups excluding carboxylic acids is 1. The van der Waals surface area contributed by atoms with Crippen molar-refractivity contribution in [2.45, 2.75) is 32.3 Å². The quantitative estimate of drug-likeness (QED) is 0.659. The minimum atomic E-state index is -0.361. The van der Waals surface area contributed by atoms with E-state index in [1.807, 2.05) is 19.1 Å². The van der Waals surface area contributed by atoms with E-state index in [0.29, 0.717) is 17.9 Å². The van der Waals surface area contributed by atoms with Gasteiger partial charge < -0.3 is 15.2 Å². The first-order chi connectivity index (χ1) is 8.68. The lowest BCUT2D eigenvalue weighted by atomic mass is 10.1. The van der Waals surface area contributed by atoms with Crippen molar-refractivity contribution in [2.75, 3.05) is 18.9 Å². The SMILES string of the molecule is Cc1cccc(N)c1C(=O)OCC1CCCCO1. The fraction of sp³-hybridized carbons (Fsp3) is 0.500. The molecular weight excluding hydrogens is 230 g/mol. The third-order valence-electron chi connectivity index (χ3n) is 3.18. The van der Waals surface area contributed by atoms with Crippen LogP contribution in [0.2, 0.25) is 0 Å². The smallest absolute Gasteiger partial charge is 0.340 e. The molecule has 4 nitrogen and oxygen atoms in total. The van der Waals surface area contributed by atoms with E-state index in [1.54, 1.807) is 6.07 Å². The second kappa shape index (κ2) is 5.87. The molecule has 0 amide bonds. The van der Waals surface area contributed by atoms with E-state index in [1.165, 1.54) is 0 Å². The summed E-state index contributed by atoms with van der Waals surface area (Å²) < 4.78 is 10.8. The van der Waals surface area contributed by atoms with Crippen LogP contribution in [0, 0.1) is 6.92 Å². The predicted molar refractivity (Wildman–Crippen MR) is 69.5 cm³/mol. The molecule has 2 rings (SSSR count). The van der Waals surface area contributed by atoms with Gasteiger partial charge in [0, 0.05) is 12.3 Å². The fourth-order valence-corrected chi connectivity index (χ4v) is 2.15.